The van der Waals surface area contributed by atoms with E-state index < -0.39 is 11.9 Å². The molecule has 0 aliphatic carbocycles. The molecular formula is C10H15N3O4. The second-order valence-corrected chi connectivity index (χ2v) is 4.02. The van der Waals surface area contributed by atoms with Crippen molar-refractivity contribution in [2.24, 2.45) is 0 Å². The molecule has 0 saturated carbocycles. The number of likely N-dealkylation sites (N-methyl/N-ethyl adjacent to an activating group) is 1. The van der Waals surface area contributed by atoms with E-state index in [1.165, 1.54) is 0 Å². The molecule has 94 valence electrons. The van der Waals surface area contributed by atoms with Gasteiger partial charge in [0.05, 0.1) is 0 Å². The lowest BCUT2D eigenvalue weighted by Gasteiger charge is -2.17. The van der Waals surface area contributed by atoms with E-state index in [1.807, 2.05) is 25.9 Å². The van der Waals surface area contributed by atoms with E-state index in [9.17, 15) is 9.59 Å². The molecule has 1 aromatic heterocycles. The standard InChI is InChI=1S/C10H15N3O4/c1-6(5-13(2)3)11-9(14)7-4-8(10(15)16)17-12-7/h4,6H,5H2,1-3H3,(H,11,14)(H,15,16). The molecule has 0 aliphatic rings. The van der Waals surface area contributed by atoms with Crippen LogP contribution in [0.15, 0.2) is 10.6 Å². The molecule has 2 N–H and O–H groups in total. The Morgan fingerprint density at radius 2 is 2.24 bits per heavy atom. The minimum Gasteiger partial charge on any atom is -0.475 e. The van der Waals surface area contributed by atoms with Crippen molar-refractivity contribution in [2.45, 2.75) is 13.0 Å². The number of rotatable bonds is 5. The Bertz CT molecular complexity index is 413. The quantitative estimate of drug-likeness (QED) is 0.756. The van der Waals surface area contributed by atoms with Crippen molar-refractivity contribution >= 4 is 11.9 Å². The molecule has 1 amide bonds. The summed E-state index contributed by atoms with van der Waals surface area (Å²) in [6.07, 6.45) is 0. The smallest absolute Gasteiger partial charge is 0.374 e. The van der Waals surface area contributed by atoms with Crippen LogP contribution in [0.3, 0.4) is 0 Å². The van der Waals surface area contributed by atoms with Gasteiger partial charge >= 0.3 is 5.97 Å². The first kappa shape index (κ1) is 13.2. The van der Waals surface area contributed by atoms with Crippen molar-refractivity contribution in [2.75, 3.05) is 20.6 Å². The van der Waals surface area contributed by atoms with Crippen molar-refractivity contribution < 1.29 is 19.2 Å². The second-order valence-electron chi connectivity index (χ2n) is 4.02. The molecule has 0 aromatic carbocycles. The Labute approximate surface area is 98.4 Å². The Kier molecular flexibility index (Phi) is 4.22. The van der Waals surface area contributed by atoms with Crippen molar-refractivity contribution in [1.82, 2.24) is 15.4 Å². The summed E-state index contributed by atoms with van der Waals surface area (Å²) >= 11 is 0. The molecule has 7 nitrogen and oxygen atoms in total. The molecule has 1 aromatic rings. The maximum Gasteiger partial charge on any atom is 0.374 e. The van der Waals surface area contributed by atoms with Gasteiger partial charge in [-0.25, -0.2) is 4.79 Å². The molecule has 0 radical (unpaired) electrons. The van der Waals surface area contributed by atoms with Crippen LogP contribution in [0, 0.1) is 0 Å². The normalized spacial score (nSPS) is 12.5. The number of aromatic carboxylic acids is 1. The number of carbonyl (C=O) groups is 2. The van der Waals surface area contributed by atoms with Crippen LogP contribution >= 0.6 is 0 Å². The van der Waals surface area contributed by atoms with Gasteiger partial charge in [-0.15, -0.1) is 0 Å². The van der Waals surface area contributed by atoms with Gasteiger partial charge < -0.3 is 19.8 Å². The summed E-state index contributed by atoms with van der Waals surface area (Å²) in [6, 6.07) is 1.03. The number of carboxylic acids is 1. The zero-order valence-corrected chi connectivity index (χ0v) is 9.93. The van der Waals surface area contributed by atoms with Gasteiger partial charge in [0.2, 0.25) is 5.76 Å². The van der Waals surface area contributed by atoms with Crippen LogP contribution in [0.25, 0.3) is 0 Å². The van der Waals surface area contributed by atoms with E-state index in [-0.39, 0.29) is 17.5 Å². The maximum atomic E-state index is 11.6. The van der Waals surface area contributed by atoms with Crippen molar-refractivity contribution in [1.29, 1.82) is 0 Å². The number of nitrogens with one attached hydrogen (secondary N) is 1. The molecule has 1 heterocycles. The Hall–Kier alpha value is -1.89. The highest BCUT2D eigenvalue weighted by atomic mass is 16.5. The number of hydrogen-bond acceptors (Lipinski definition) is 5. The molecule has 1 unspecified atom stereocenters. The summed E-state index contributed by atoms with van der Waals surface area (Å²) < 4.78 is 4.49. The van der Waals surface area contributed by atoms with Crippen LogP contribution in [0.5, 0.6) is 0 Å². The average Bonchev–Trinajstić information content (AvgIpc) is 2.64. The summed E-state index contributed by atoms with van der Waals surface area (Å²) in [4.78, 5) is 24.1. The van der Waals surface area contributed by atoms with Gasteiger partial charge in [-0.2, -0.15) is 0 Å². The summed E-state index contributed by atoms with van der Waals surface area (Å²) in [5, 5.41) is 14.7. The lowest BCUT2D eigenvalue weighted by molar-refractivity contribution is 0.0651. The van der Waals surface area contributed by atoms with E-state index >= 15 is 0 Å². The molecule has 0 spiro atoms. The van der Waals surface area contributed by atoms with Gasteiger partial charge in [0.1, 0.15) is 0 Å². The van der Waals surface area contributed by atoms with Crippen molar-refractivity contribution in [3.63, 3.8) is 0 Å². The Morgan fingerprint density at radius 3 is 2.71 bits per heavy atom. The van der Waals surface area contributed by atoms with Gasteiger partial charge in [0.25, 0.3) is 5.91 Å². The fraction of sp³-hybridized carbons (Fsp3) is 0.500. The SMILES string of the molecule is CC(CN(C)C)NC(=O)c1cc(C(=O)O)on1. The molecule has 1 atom stereocenters. The van der Waals surface area contributed by atoms with Crippen LogP contribution in [0.4, 0.5) is 0 Å². The first-order valence-electron chi connectivity index (χ1n) is 5.05. The van der Waals surface area contributed by atoms with Crippen LogP contribution in [-0.4, -0.2) is 53.7 Å². The fourth-order valence-corrected chi connectivity index (χ4v) is 1.37. The highest BCUT2D eigenvalue weighted by Crippen LogP contribution is 2.03. The van der Waals surface area contributed by atoms with Crippen LogP contribution < -0.4 is 5.32 Å². The molecule has 1 rings (SSSR count). The van der Waals surface area contributed by atoms with E-state index in [4.69, 9.17) is 5.11 Å². The third-order valence-electron chi connectivity index (χ3n) is 1.97. The number of aromatic nitrogens is 1. The minimum absolute atomic E-state index is 0.0343. The Balaban J connectivity index is 2.60. The highest BCUT2D eigenvalue weighted by Gasteiger charge is 2.17. The summed E-state index contributed by atoms with van der Waals surface area (Å²) in [7, 11) is 3.78. The maximum absolute atomic E-state index is 11.6. The summed E-state index contributed by atoms with van der Waals surface area (Å²) in [6.45, 7) is 2.52. The zero-order chi connectivity index (χ0) is 13.0. The lowest BCUT2D eigenvalue weighted by atomic mass is 10.3. The van der Waals surface area contributed by atoms with E-state index in [2.05, 4.69) is 15.0 Å². The Morgan fingerprint density at radius 1 is 1.59 bits per heavy atom. The van der Waals surface area contributed by atoms with E-state index in [1.54, 1.807) is 0 Å². The second kappa shape index (κ2) is 5.44. The highest BCUT2D eigenvalue weighted by molar-refractivity contribution is 5.94. The van der Waals surface area contributed by atoms with E-state index in [0.717, 1.165) is 6.07 Å². The number of carboxylic acid groups (broad SMARTS) is 1. The van der Waals surface area contributed by atoms with Crippen LogP contribution in [0.2, 0.25) is 0 Å². The molecule has 0 fully saturated rings. The molecule has 0 bridgehead atoms. The summed E-state index contributed by atoms with van der Waals surface area (Å²) in [5.41, 5.74) is -0.0343. The number of hydrogen-bond donors (Lipinski definition) is 2. The molecule has 0 saturated heterocycles. The average molecular weight is 241 g/mol. The third-order valence-corrected chi connectivity index (χ3v) is 1.97. The molecule has 17 heavy (non-hydrogen) atoms. The monoisotopic (exact) mass is 241 g/mol. The predicted molar refractivity (Wildman–Crippen MR) is 58.9 cm³/mol. The van der Waals surface area contributed by atoms with Gasteiger partial charge in [0, 0.05) is 18.7 Å². The fourth-order valence-electron chi connectivity index (χ4n) is 1.37. The lowest BCUT2D eigenvalue weighted by Crippen LogP contribution is -2.39. The summed E-state index contributed by atoms with van der Waals surface area (Å²) in [5.74, 6) is -2.05. The first-order valence-corrected chi connectivity index (χ1v) is 5.05. The zero-order valence-electron chi connectivity index (χ0n) is 9.93. The van der Waals surface area contributed by atoms with Gasteiger partial charge in [0.15, 0.2) is 5.69 Å². The molecular weight excluding hydrogens is 226 g/mol. The van der Waals surface area contributed by atoms with Gasteiger partial charge in [-0.3, -0.25) is 4.79 Å². The van der Waals surface area contributed by atoms with Gasteiger partial charge in [-0.1, -0.05) is 5.16 Å². The van der Waals surface area contributed by atoms with Crippen LogP contribution in [0.1, 0.15) is 28.0 Å². The largest absolute Gasteiger partial charge is 0.475 e. The van der Waals surface area contributed by atoms with Crippen molar-refractivity contribution in [3.8, 4) is 0 Å². The van der Waals surface area contributed by atoms with E-state index in [0.29, 0.717) is 6.54 Å². The number of amides is 1. The predicted octanol–water partition coefficient (Wildman–Crippen LogP) is 0.0527. The molecule has 0 aliphatic heterocycles. The molecule has 7 heteroatoms. The third kappa shape index (κ3) is 3.87. The van der Waals surface area contributed by atoms with Crippen molar-refractivity contribution in [3.05, 3.63) is 17.5 Å². The minimum atomic E-state index is -1.25. The topological polar surface area (TPSA) is 95.7 Å². The first-order chi connectivity index (χ1) is 7.90. The number of carbonyl (C=O) groups excluding carboxylic acids is 1. The van der Waals surface area contributed by atoms with Crippen LogP contribution in [-0.2, 0) is 0 Å². The number of nitrogens with zero attached hydrogens (tertiary/aromatic N) is 2. The van der Waals surface area contributed by atoms with Gasteiger partial charge in [-0.05, 0) is 21.0 Å².